The summed E-state index contributed by atoms with van der Waals surface area (Å²) in [6.45, 7) is 2.22. The first-order chi connectivity index (χ1) is 8.78. The van der Waals surface area contributed by atoms with Gasteiger partial charge in [-0.25, -0.2) is 0 Å². The Balaban J connectivity index is 2.42. The van der Waals surface area contributed by atoms with Gasteiger partial charge in [-0.05, 0) is 30.7 Å². The van der Waals surface area contributed by atoms with Crippen molar-refractivity contribution in [1.29, 1.82) is 0 Å². The number of hydrogen-bond acceptors (Lipinski definition) is 3. The number of carbonyl (C=O) groups excluding carboxylic acids is 1. The predicted molar refractivity (Wildman–Crippen MR) is 64.6 cm³/mol. The number of nitrogens with two attached hydrogens (primary N) is 1. The highest BCUT2D eigenvalue weighted by Gasteiger charge is 2.30. The summed E-state index contributed by atoms with van der Waals surface area (Å²) in [5, 5.41) is 2.98. The number of amides is 1. The van der Waals surface area contributed by atoms with Gasteiger partial charge in [-0.3, -0.25) is 4.79 Å². The minimum Gasteiger partial charge on any atom is -0.406 e. The quantitative estimate of drug-likeness (QED) is 0.839. The van der Waals surface area contributed by atoms with Gasteiger partial charge in [0.1, 0.15) is 5.75 Å². The molecule has 0 radical (unpaired) electrons. The zero-order valence-corrected chi connectivity index (χ0v) is 10.3. The summed E-state index contributed by atoms with van der Waals surface area (Å²) in [7, 11) is 0. The van der Waals surface area contributed by atoms with Gasteiger partial charge in [0.25, 0.3) is 0 Å². The molecule has 1 atom stereocenters. The van der Waals surface area contributed by atoms with E-state index >= 15 is 0 Å². The lowest BCUT2D eigenvalue weighted by Crippen LogP contribution is -2.22. The zero-order chi connectivity index (χ0) is 14.5. The smallest absolute Gasteiger partial charge is 0.406 e. The van der Waals surface area contributed by atoms with Crippen molar-refractivity contribution >= 4 is 11.6 Å². The van der Waals surface area contributed by atoms with Crippen LogP contribution in [0.15, 0.2) is 24.3 Å². The fraction of sp³-hybridized carbons (Fsp3) is 0.417. The van der Waals surface area contributed by atoms with E-state index in [0.29, 0.717) is 18.7 Å². The Morgan fingerprint density at radius 2 is 1.95 bits per heavy atom. The maximum absolute atomic E-state index is 11.9. The van der Waals surface area contributed by atoms with Gasteiger partial charge >= 0.3 is 6.36 Å². The van der Waals surface area contributed by atoms with E-state index in [1.54, 1.807) is 6.92 Å². The maximum Gasteiger partial charge on any atom is 0.573 e. The van der Waals surface area contributed by atoms with Crippen LogP contribution in [0.4, 0.5) is 18.9 Å². The van der Waals surface area contributed by atoms with Gasteiger partial charge in [-0.2, -0.15) is 0 Å². The molecule has 19 heavy (non-hydrogen) atoms. The van der Waals surface area contributed by atoms with E-state index in [-0.39, 0.29) is 17.6 Å². The number of nitrogens with one attached hydrogen (secondary N) is 1. The molecule has 0 heterocycles. The minimum absolute atomic E-state index is 0.250. The second-order valence-corrected chi connectivity index (χ2v) is 4.09. The first kappa shape index (κ1) is 15.1. The highest BCUT2D eigenvalue weighted by molar-refractivity contribution is 5.76. The molecule has 106 valence electrons. The lowest BCUT2D eigenvalue weighted by atomic mass is 10.1. The molecule has 3 N–H and O–H groups in total. The molecule has 0 bridgehead atoms. The standard InChI is InChI=1S/C12H15F3N2O2/c1-8(11(16)18)6-7-17-9-2-4-10(5-3-9)19-12(13,14)15/h2-5,8,17H,6-7H2,1H3,(H2,16,18). The van der Waals surface area contributed by atoms with Crippen LogP contribution in [0.3, 0.4) is 0 Å². The largest absolute Gasteiger partial charge is 0.573 e. The molecule has 0 saturated carbocycles. The number of primary amides is 1. The lowest BCUT2D eigenvalue weighted by Gasteiger charge is -2.11. The van der Waals surface area contributed by atoms with Crippen LogP contribution in [-0.2, 0) is 4.79 Å². The van der Waals surface area contributed by atoms with Crippen LogP contribution < -0.4 is 15.8 Å². The van der Waals surface area contributed by atoms with Crippen molar-refractivity contribution in [3.05, 3.63) is 24.3 Å². The van der Waals surface area contributed by atoms with Crippen molar-refractivity contribution in [2.45, 2.75) is 19.7 Å². The minimum atomic E-state index is -4.69. The molecule has 1 rings (SSSR count). The molecular formula is C12H15F3N2O2. The van der Waals surface area contributed by atoms with Crippen molar-refractivity contribution in [2.75, 3.05) is 11.9 Å². The molecule has 7 heteroatoms. The fourth-order valence-corrected chi connectivity index (χ4v) is 1.35. The van der Waals surface area contributed by atoms with Gasteiger partial charge in [-0.15, -0.1) is 13.2 Å². The van der Waals surface area contributed by atoms with Gasteiger partial charge in [0.2, 0.25) is 5.91 Å². The van der Waals surface area contributed by atoms with Gasteiger partial charge in [0, 0.05) is 18.2 Å². The topological polar surface area (TPSA) is 64.3 Å². The van der Waals surface area contributed by atoms with E-state index in [2.05, 4.69) is 10.1 Å². The predicted octanol–water partition coefficient (Wildman–Crippen LogP) is 2.51. The first-order valence-corrected chi connectivity index (χ1v) is 5.67. The number of rotatable bonds is 6. The Bertz CT molecular complexity index is 418. The highest BCUT2D eigenvalue weighted by Crippen LogP contribution is 2.23. The Labute approximate surface area is 108 Å². The van der Waals surface area contributed by atoms with Gasteiger partial charge < -0.3 is 15.8 Å². The van der Waals surface area contributed by atoms with Crippen LogP contribution in [0.5, 0.6) is 5.75 Å². The van der Waals surface area contributed by atoms with Crippen molar-refractivity contribution in [3.63, 3.8) is 0 Å². The molecular weight excluding hydrogens is 261 g/mol. The normalized spacial score (nSPS) is 12.8. The average molecular weight is 276 g/mol. The van der Waals surface area contributed by atoms with Crippen LogP contribution >= 0.6 is 0 Å². The maximum atomic E-state index is 11.9. The summed E-state index contributed by atoms with van der Waals surface area (Å²) in [4.78, 5) is 10.8. The lowest BCUT2D eigenvalue weighted by molar-refractivity contribution is -0.274. The third kappa shape index (κ3) is 5.98. The van der Waals surface area contributed by atoms with E-state index in [4.69, 9.17) is 5.73 Å². The van der Waals surface area contributed by atoms with E-state index in [0.717, 1.165) is 0 Å². The van der Waals surface area contributed by atoms with Crippen LogP contribution in [0.2, 0.25) is 0 Å². The second kappa shape index (κ2) is 6.31. The SMILES string of the molecule is CC(CCNc1ccc(OC(F)(F)F)cc1)C(N)=O. The van der Waals surface area contributed by atoms with Crippen LogP contribution in [-0.4, -0.2) is 18.8 Å². The molecule has 0 aliphatic carbocycles. The van der Waals surface area contributed by atoms with Crippen LogP contribution in [0.25, 0.3) is 0 Å². The first-order valence-electron chi connectivity index (χ1n) is 5.67. The van der Waals surface area contributed by atoms with Crippen molar-refractivity contribution < 1.29 is 22.7 Å². The van der Waals surface area contributed by atoms with Crippen LogP contribution in [0.1, 0.15) is 13.3 Å². The van der Waals surface area contributed by atoms with Crippen molar-refractivity contribution in [3.8, 4) is 5.75 Å². The number of halogens is 3. The summed E-state index contributed by atoms with van der Waals surface area (Å²) in [6.07, 6.45) is -4.14. The van der Waals surface area contributed by atoms with Gasteiger partial charge in [-0.1, -0.05) is 6.92 Å². The number of benzene rings is 1. The Morgan fingerprint density at radius 1 is 1.37 bits per heavy atom. The molecule has 0 aromatic heterocycles. The molecule has 0 aliphatic rings. The number of carbonyl (C=O) groups is 1. The Kier molecular flexibility index (Phi) is 5.02. The third-order valence-electron chi connectivity index (χ3n) is 2.48. The number of ether oxygens (including phenoxy) is 1. The molecule has 0 aliphatic heterocycles. The molecule has 1 unspecified atom stereocenters. The average Bonchev–Trinajstić information content (AvgIpc) is 2.29. The molecule has 1 aromatic rings. The highest BCUT2D eigenvalue weighted by atomic mass is 19.4. The van der Waals surface area contributed by atoms with E-state index in [1.165, 1.54) is 24.3 Å². The Morgan fingerprint density at radius 3 is 2.42 bits per heavy atom. The van der Waals surface area contributed by atoms with E-state index in [9.17, 15) is 18.0 Å². The van der Waals surface area contributed by atoms with Crippen LogP contribution in [0, 0.1) is 5.92 Å². The van der Waals surface area contributed by atoms with Crippen molar-refractivity contribution in [2.24, 2.45) is 11.7 Å². The summed E-state index contributed by atoms with van der Waals surface area (Å²) in [5.74, 6) is -0.903. The number of alkyl halides is 3. The second-order valence-electron chi connectivity index (χ2n) is 4.09. The monoisotopic (exact) mass is 276 g/mol. The molecule has 4 nitrogen and oxygen atoms in total. The molecule has 1 amide bonds. The molecule has 1 aromatic carbocycles. The zero-order valence-electron chi connectivity index (χ0n) is 10.3. The number of hydrogen-bond donors (Lipinski definition) is 2. The molecule has 0 fully saturated rings. The van der Waals surface area contributed by atoms with E-state index in [1.807, 2.05) is 0 Å². The third-order valence-corrected chi connectivity index (χ3v) is 2.48. The van der Waals surface area contributed by atoms with Crippen molar-refractivity contribution in [1.82, 2.24) is 0 Å². The number of anilines is 1. The van der Waals surface area contributed by atoms with E-state index < -0.39 is 6.36 Å². The van der Waals surface area contributed by atoms with Gasteiger partial charge in [0.05, 0.1) is 0 Å². The molecule has 0 spiro atoms. The Hall–Kier alpha value is -1.92. The van der Waals surface area contributed by atoms with Gasteiger partial charge in [0.15, 0.2) is 0 Å². The summed E-state index contributed by atoms with van der Waals surface area (Å²) >= 11 is 0. The fourth-order valence-electron chi connectivity index (χ4n) is 1.35. The summed E-state index contributed by atoms with van der Waals surface area (Å²) in [5.41, 5.74) is 5.75. The molecule has 0 saturated heterocycles. The summed E-state index contributed by atoms with van der Waals surface area (Å²) < 4.78 is 39.5. The summed E-state index contributed by atoms with van der Waals surface area (Å²) in [6, 6.07) is 5.37.